The highest BCUT2D eigenvalue weighted by molar-refractivity contribution is 7.91. The number of nitrogens with zero attached hydrogens (tertiary/aromatic N) is 4. The molecule has 0 aliphatic carbocycles. The second-order valence-corrected chi connectivity index (χ2v) is 13.7. The standard InChI is InChI=1S/C30H33N7O5S2/c1-6-42-27-28(36-34-20(2)22-12-16-25(17-13-22)43(4,38)39)32-30(31-24-10-8-7-9-11-24)33-29(27)37-35-21(3)23-14-18-26(19-15-23)44(5,40)41/h7-19H,6H2,1-5H3,(H3,31,32,33,36,37). The summed E-state index contributed by atoms with van der Waals surface area (Å²) in [5.74, 6) is 1.000. The molecule has 0 unspecified atom stereocenters. The molecule has 0 spiro atoms. The number of sulfone groups is 2. The normalized spacial score (nSPS) is 12.5. The molecular formula is C30H33N7O5S2. The highest BCUT2D eigenvalue weighted by atomic mass is 32.2. The quantitative estimate of drug-likeness (QED) is 0.141. The summed E-state index contributed by atoms with van der Waals surface area (Å²) in [4.78, 5) is 9.60. The summed E-state index contributed by atoms with van der Waals surface area (Å²) in [5.41, 5.74) is 9.23. The predicted molar refractivity (Wildman–Crippen MR) is 174 cm³/mol. The molecule has 0 aliphatic rings. The van der Waals surface area contributed by atoms with Crippen molar-refractivity contribution in [3.05, 3.63) is 90.0 Å². The highest BCUT2D eigenvalue weighted by Crippen LogP contribution is 2.33. The molecule has 230 valence electrons. The SMILES string of the molecule is CCOc1c(NN=C(C)c2ccc(S(C)(=O)=O)cc2)nc(Nc2ccccc2)nc1NN=C(C)c1ccc(S(C)(=O)=O)cc1. The second-order valence-electron chi connectivity index (χ2n) is 9.71. The van der Waals surface area contributed by atoms with E-state index in [1.807, 2.05) is 37.3 Å². The smallest absolute Gasteiger partial charge is 0.231 e. The van der Waals surface area contributed by atoms with Gasteiger partial charge in [-0.05, 0) is 68.3 Å². The van der Waals surface area contributed by atoms with Gasteiger partial charge in [-0.1, -0.05) is 42.5 Å². The third kappa shape index (κ3) is 8.39. The van der Waals surface area contributed by atoms with Gasteiger partial charge in [-0.3, -0.25) is 10.9 Å². The molecule has 1 aromatic heterocycles. The van der Waals surface area contributed by atoms with Gasteiger partial charge >= 0.3 is 0 Å². The van der Waals surface area contributed by atoms with Gasteiger partial charge < -0.3 is 10.1 Å². The number of rotatable bonds is 12. The van der Waals surface area contributed by atoms with Crippen molar-refractivity contribution in [2.45, 2.75) is 30.6 Å². The van der Waals surface area contributed by atoms with E-state index in [9.17, 15) is 16.8 Å². The number of aromatic nitrogens is 2. The van der Waals surface area contributed by atoms with Crippen LogP contribution in [0.3, 0.4) is 0 Å². The molecule has 0 amide bonds. The van der Waals surface area contributed by atoms with Gasteiger partial charge in [-0.2, -0.15) is 20.2 Å². The Labute approximate surface area is 257 Å². The summed E-state index contributed by atoms with van der Waals surface area (Å²) >= 11 is 0. The molecule has 44 heavy (non-hydrogen) atoms. The fourth-order valence-corrected chi connectivity index (χ4v) is 5.14. The molecule has 0 saturated heterocycles. The van der Waals surface area contributed by atoms with E-state index in [1.165, 1.54) is 24.3 Å². The van der Waals surface area contributed by atoms with Crippen LogP contribution in [0.1, 0.15) is 31.9 Å². The largest absolute Gasteiger partial charge is 0.487 e. The molecule has 0 aliphatic heterocycles. The van der Waals surface area contributed by atoms with E-state index in [4.69, 9.17) is 4.74 Å². The molecule has 0 fully saturated rings. The first-order chi connectivity index (χ1) is 20.8. The van der Waals surface area contributed by atoms with E-state index in [0.717, 1.165) is 18.2 Å². The molecule has 4 aromatic rings. The van der Waals surface area contributed by atoms with Gasteiger partial charge in [0.05, 0.1) is 27.8 Å². The number of hydrazone groups is 2. The summed E-state index contributed by atoms with van der Waals surface area (Å²) in [6.07, 6.45) is 2.31. The zero-order valence-electron chi connectivity index (χ0n) is 24.9. The number of para-hydroxylation sites is 1. The highest BCUT2D eigenvalue weighted by Gasteiger charge is 2.17. The van der Waals surface area contributed by atoms with Gasteiger partial charge in [0, 0.05) is 18.2 Å². The molecule has 0 saturated carbocycles. The predicted octanol–water partition coefficient (Wildman–Crippen LogP) is 5.10. The molecule has 0 radical (unpaired) electrons. The Balaban J connectivity index is 1.69. The number of benzene rings is 3. The average molecular weight is 636 g/mol. The zero-order valence-corrected chi connectivity index (χ0v) is 26.5. The van der Waals surface area contributed by atoms with Crippen LogP contribution < -0.4 is 20.9 Å². The number of hydrogen-bond donors (Lipinski definition) is 3. The topological polar surface area (TPSA) is 164 Å². The average Bonchev–Trinajstić information content (AvgIpc) is 2.99. The van der Waals surface area contributed by atoms with E-state index < -0.39 is 19.7 Å². The Kier molecular flexibility index (Phi) is 9.96. The number of anilines is 4. The molecule has 3 aromatic carbocycles. The van der Waals surface area contributed by atoms with Crippen LogP contribution in [0.4, 0.5) is 23.3 Å². The van der Waals surface area contributed by atoms with Crippen molar-refractivity contribution in [1.82, 2.24) is 9.97 Å². The molecule has 0 atom stereocenters. The Morgan fingerprint density at radius 3 is 1.52 bits per heavy atom. The van der Waals surface area contributed by atoms with E-state index in [1.54, 1.807) is 38.1 Å². The Bertz CT molecular complexity index is 1780. The lowest BCUT2D eigenvalue weighted by Crippen LogP contribution is -2.10. The van der Waals surface area contributed by atoms with E-state index >= 15 is 0 Å². The van der Waals surface area contributed by atoms with Gasteiger partial charge in [-0.25, -0.2) is 16.8 Å². The fraction of sp³-hybridized carbons (Fsp3) is 0.200. The van der Waals surface area contributed by atoms with Gasteiger partial charge in [0.1, 0.15) is 0 Å². The fourth-order valence-electron chi connectivity index (χ4n) is 3.88. The lowest BCUT2D eigenvalue weighted by molar-refractivity contribution is 0.341. The van der Waals surface area contributed by atoms with Crippen molar-refractivity contribution in [2.24, 2.45) is 10.2 Å². The first kappa shape index (κ1) is 32.1. The maximum absolute atomic E-state index is 11.8. The minimum absolute atomic E-state index is 0.214. The van der Waals surface area contributed by atoms with Crippen molar-refractivity contribution in [3.8, 4) is 5.75 Å². The molecule has 14 heteroatoms. The van der Waals surface area contributed by atoms with Crippen LogP contribution in [0.15, 0.2) is 98.9 Å². The Hall–Kier alpha value is -4.82. The van der Waals surface area contributed by atoms with Crippen molar-refractivity contribution in [1.29, 1.82) is 0 Å². The Morgan fingerprint density at radius 1 is 0.705 bits per heavy atom. The summed E-state index contributed by atoms with van der Waals surface area (Å²) < 4.78 is 53.2. The maximum atomic E-state index is 11.8. The first-order valence-electron chi connectivity index (χ1n) is 13.4. The van der Waals surface area contributed by atoms with Crippen LogP contribution in [0.25, 0.3) is 0 Å². The van der Waals surface area contributed by atoms with Gasteiger partial charge in [-0.15, -0.1) is 0 Å². The van der Waals surface area contributed by atoms with Crippen LogP contribution in [0.5, 0.6) is 5.75 Å². The number of ether oxygens (including phenoxy) is 1. The third-order valence-corrected chi connectivity index (χ3v) is 8.50. The number of hydrogen-bond acceptors (Lipinski definition) is 12. The van der Waals surface area contributed by atoms with Crippen LogP contribution >= 0.6 is 0 Å². The minimum atomic E-state index is -3.32. The minimum Gasteiger partial charge on any atom is -0.487 e. The van der Waals surface area contributed by atoms with E-state index in [2.05, 4.69) is 36.3 Å². The first-order valence-corrected chi connectivity index (χ1v) is 17.2. The number of nitrogens with one attached hydrogen (secondary N) is 3. The molecule has 1 heterocycles. The monoisotopic (exact) mass is 635 g/mol. The second kappa shape index (κ2) is 13.7. The van der Waals surface area contributed by atoms with Crippen molar-refractivity contribution in [2.75, 3.05) is 35.3 Å². The maximum Gasteiger partial charge on any atom is 0.231 e. The van der Waals surface area contributed by atoms with E-state index in [-0.39, 0.29) is 33.1 Å². The molecule has 4 rings (SSSR count). The summed E-state index contributed by atoms with van der Waals surface area (Å²) in [7, 11) is -6.65. The van der Waals surface area contributed by atoms with Crippen LogP contribution in [-0.2, 0) is 19.7 Å². The van der Waals surface area contributed by atoms with Crippen molar-refractivity contribution >= 4 is 54.4 Å². The van der Waals surface area contributed by atoms with Crippen LogP contribution in [0, 0.1) is 0 Å². The lowest BCUT2D eigenvalue weighted by atomic mass is 10.1. The molecule has 0 bridgehead atoms. The van der Waals surface area contributed by atoms with Crippen molar-refractivity contribution in [3.63, 3.8) is 0 Å². The van der Waals surface area contributed by atoms with Crippen LogP contribution in [-0.4, -0.2) is 57.3 Å². The summed E-state index contributed by atoms with van der Waals surface area (Å²) in [6, 6.07) is 22.2. The summed E-state index contributed by atoms with van der Waals surface area (Å²) in [5, 5.41) is 12.1. The molecule has 12 nitrogen and oxygen atoms in total. The van der Waals surface area contributed by atoms with Gasteiger partial charge in [0.25, 0.3) is 0 Å². The lowest BCUT2D eigenvalue weighted by Gasteiger charge is -2.16. The summed E-state index contributed by atoms with van der Waals surface area (Å²) in [6.45, 7) is 5.66. The molecular weight excluding hydrogens is 603 g/mol. The molecule has 3 N–H and O–H groups in total. The third-order valence-electron chi connectivity index (χ3n) is 6.24. The van der Waals surface area contributed by atoms with Crippen LogP contribution in [0.2, 0.25) is 0 Å². The van der Waals surface area contributed by atoms with Gasteiger partial charge in [0.2, 0.25) is 11.7 Å². The zero-order chi connectivity index (χ0) is 31.9. The Morgan fingerprint density at radius 2 is 1.14 bits per heavy atom. The van der Waals surface area contributed by atoms with E-state index in [0.29, 0.717) is 29.2 Å². The van der Waals surface area contributed by atoms with Crippen molar-refractivity contribution < 1.29 is 21.6 Å². The van der Waals surface area contributed by atoms with Gasteiger partial charge in [0.15, 0.2) is 31.3 Å².